The van der Waals surface area contributed by atoms with Crippen molar-refractivity contribution in [2.24, 2.45) is 5.73 Å². The molecule has 0 bridgehead atoms. The summed E-state index contributed by atoms with van der Waals surface area (Å²) in [5.41, 5.74) is 8.24. The molecule has 2 heterocycles. The minimum Gasteiger partial charge on any atom is -0.378 e. The van der Waals surface area contributed by atoms with E-state index >= 15 is 0 Å². The van der Waals surface area contributed by atoms with Crippen LogP contribution in [0.2, 0.25) is 0 Å². The fourth-order valence-corrected chi connectivity index (χ4v) is 4.42. The number of ether oxygens (including phenoxy) is 2. The Morgan fingerprint density at radius 1 is 0.780 bits per heavy atom. The van der Waals surface area contributed by atoms with Gasteiger partial charge in [0.1, 0.15) is 0 Å². The Hall–Kier alpha value is -3.80. The standard InChI is InChI=1S/C30H42N8O3/c31-14-19-40-21-22-41-20-16-32-27(39)26-11-9-25(10-12-26)23-34-29-35-28(33-15-13-24-7-3-1-4-8-24)36-30(37-29)38-17-5-2-6-18-38/h1,3-4,7-12H,2,5-6,13-23,31H2,(H,32,39)(H2,33,34,35,36,37). The van der Waals surface area contributed by atoms with Gasteiger partial charge in [-0.3, -0.25) is 4.79 Å². The minimum absolute atomic E-state index is 0.137. The Labute approximate surface area is 242 Å². The molecular weight excluding hydrogens is 520 g/mol. The highest BCUT2D eigenvalue weighted by Crippen LogP contribution is 2.19. The number of anilines is 3. The van der Waals surface area contributed by atoms with Crippen LogP contribution in [-0.4, -0.2) is 80.0 Å². The number of nitrogens with one attached hydrogen (secondary N) is 3. The highest BCUT2D eigenvalue weighted by atomic mass is 16.5. The zero-order valence-electron chi connectivity index (χ0n) is 23.7. The average molecular weight is 563 g/mol. The van der Waals surface area contributed by atoms with Gasteiger partial charge in [-0.2, -0.15) is 15.0 Å². The van der Waals surface area contributed by atoms with E-state index in [9.17, 15) is 4.79 Å². The lowest BCUT2D eigenvalue weighted by atomic mass is 10.1. The summed E-state index contributed by atoms with van der Waals surface area (Å²) in [5.74, 6) is 1.65. The molecule has 0 atom stereocenters. The molecule has 1 aromatic heterocycles. The molecule has 220 valence electrons. The number of nitrogens with two attached hydrogens (primary N) is 1. The van der Waals surface area contributed by atoms with Crippen molar-refractivity contribution < 1.29 is 14.3 Å². The highest BCUT2D eigenvalue weighted by molar-refractivity contribution is 5.94. The molecule has 1 aliphatic rings. The molecule has 4 rings (SSSR count). The number of hydrogen-bond donors (Lipinski definition) is 4. The Bertz CT molecular complexity index is 1170. The van der Waals surface area contributed by atoms with Crippen LogP contribution in [0.1, 0.15) is 40.7 Å². The van der Waals surface area contributed by atoms with Crippen molar-refractivity contribution in [2.45, 2.75) is 32.2 Å². The second kappa shape index (κ2) is 17.1. The number of carbonyl (C=O) groups excluding carboxylic acids is 1. The number of benzene rings is 2. The van der Waals surface area contributed by atoms with Crippen molar-refractivity contribution in [3.8, 4) is 0 Å². The predicted molar refractivity (Wildman–Crippen MR) is 161 cm³/mol. The van der Waals surface area contributed by atoms with Crippen molar-refractivity contribution in [2.75, 3.05) is 74.7 Å². The molecule has 1 aliphatic heterocycles. The van der Waals surface area contributed by atoms with Gasteiger partial charge in [0.05, 0.1) is 26.4 Å². The monoisotopic (exact) mass is 562 g/mol. The lowest BCUT2D eigenvalue weighted by Gasteiger charge is -2.27. The molecule has 0 saturated carbocycles. The number of amides is 1. The first-order valence-corrected chi connectivity index (χ1v) is 14.5. The number of rotatable bonds is 17. The molecule has 2 aromatic carbocycles. The van der Waals surface area contributed by atoms with Crippen LogP contribution >= 0.6 is 0 Å². The van der Waals surface area contributed by atoms with Crippen LogP contribution in [0.15, 0.2) is 54.6 Å². The van der Waals surface area contributed by atoms with Crippen LogP contribution in [0.25, 0.3) is 0 Å². The predicted octanol–water partition coefficient (Wildman–Crippen LogP) is 2.85. The fraction of sp³-hybridized carbons (Fsp3) is 0.467. The van der Waals surface area contributed by atoms with Crippen molar-refractivity contribution in [1.82, 2.24) is 20.3 Å². The largest absolute Gasteiger partial charge is 0.378 e. The second-order valence-corrected chi connectivity index (χ2v) is 9.81. The van der Waals surface area contributed by atoms with E-state index in [-0.39, 0.29) is 5.91 Å². The molecule has 5 N–H and O–H groups in total. The van der Waals surface area contributed by atoms with Crippen LogP contribution in [0.5, 0.6) is 0 Å². The number of piperidine rings is 1. The third-order valence-corrected chi connectivity index (χ3v) is 6.64. The zero-order chi connectivity index (χ0) is 28.5. The number of carbonyl (C=O) groups is 1. The van der Waals surface area contributed by atoms with Crippen LogP contribution < -0.4 is 26.6 Å². The summed E-state index contributed by atoms with van der Waals surface area (Å²) in [5, 5.41) is 9.59. The van der Waals surface area contributed by atoms with E-state index in [1.165, 1.54) is 12.0 Å². The Balaban J connectivity index is 1.27. The normalized spacial score (nSPS) is 13.1. The summed E-state index contributed by atoms with van der Waals surface area (Å²) < 4.78 is 10.7. The summed E-state index contributed by atoms with van der Waals surface area (Å²) in [6.07, 6.45) is 4.40. The van der Waals surface area contributed by atoms with Crippen molar-refractivity contribution in [3.05, 3.63) is 71.3 Å². The molecule has 1 fully saturated rings. The maximum Gasteiger partial charge on any atom is 0.251 e. The van der Waals surface area contributed by atoms with E-state index in [2.05, 4.69) is 38.0 Å². The lowest BCUT2D eigenvalue weighted by Crippen LogP contribution is -2.31. The molecule has 0 unspecified atom stereocenters. The molecule has 3 aromatic rings. The lowest BCUT2D eigenvalue weighted by molar-refractivity contribution is 0.0511. The van der Waals surface area contributed by atoms with E-state index in [1.807, 2.05) is 42.5 Å². The van der Waals surface area contributed by atoms with Gasteiger partial charge in [0.2, 0.25) is 17.8 Å². The van der Waals surface area contributed by atoms with Crippen LogP contribution in [-0.2, 0) is 22.4 Å². The van der Waals surface area contributed by atoms with Crippen LogP contribution in [0.4, 0.5) is 17.8 Å². The number of nitrogens with zero attached hydrogens (tertiary/aromatic N) is 4. The van der Waals surface area contributed by atoms with E-state index in [0.717, 1.165) is 44.5 Å². The Morgan fingerprint density at radius 3 is 2.22 bits per heavy atom. The molecule has 0 aliphatic carbocycles. The quantitative estimate of drug-likeness (QED) is 0.182. The summed E-state index contributed by atoms with van der Waals surface area (Å²) >= 11 is 0. The number of aromatic nitrogens is 3. The van der Waals surface area contributed by atoms with Crippen LogP contribution in [0.3, 0.4) is 0 Å². The summed E-state index contributed by atoms with van der Waals surface area (Å²) in [6, 6.07) is 17.8. The molecule has 11 heteroatoms. The first-order chi connectivity index (χ1) is 20.2. The van der Waals surface area contributed by atoms with Gasteiger partial charge in [-0.05, 0) is 48.9 Å². The molecule has 41 heavy (non-hydrogen) atoms. The molecule has 0 spiro atoms. The van der Waals surface area contributed by atoms with E-state index in [0.29, 0.717) is 69.5 Å². The fourth-order valence-electron chi connectivity index (χ4n) is 4.42. The van der Waals surface area contributed by atoms with Crippen molar-refractivity contribution in [1.29, 1.82) is 0 Å². The molecule has 11 nitrogen and oxygen atoms in total. The first kappa shape index (κ1) is 30.2. The zero-order valence-corrected chi connectivity index (χ0v) is 23.7. The van der Waals surface area contributed by atoms with E-state index < -0.39 is 0 Å². The van der Waals surface area contributed by atoms with Gasteiger partial charge >= 0.3 is 0 Å². The Kier molecular flexibility index (Phi) is 12.6. The average Bonchev–Trinajstić information content (AvgIpc) is 3.02. The third kappa shape index (κ3) is 10.6. The molecular formula is C30H42N8O3. The highest BCUT2D eigenvalue weighted by Gasteiger charge is 2.16. The van der Waals surface area contributed by atoms with Crippen molar-refractivity contribution in [3.63, 3.8) is 0 Å². The van der Waals surface area contributed by atoms with Gasteiger partial charge in [-0.25, -0.2) is 0 Å². The van der Waals surface area contributed by atoms with Gasteiger partial charge in [-0.1, -0.05) is 42.5 Å². The van der Waals surface area contributed by atoms with E-state index in [1.54, 1.807) is 0 Å². The van der Waals surface area contributed by atoms with Crippen molar-refractivity contribution >= 4 is 23.8 Å². The maximum atomic E-state index is 12.5. The summed E-state index contributed by atoms with van der Waals surface area (Å²) in [7, 11) is 0. The van der Waals surface area contributed by atoms with Gasteiger partial charge in [0.25, 0.3) is 5.91 Å². The Morgan fingerprint density at radius 2 is 1.49 bits per heavy atom. The van der Waals surface area contributed by atoms with Crippen LogP contribution in [0, 0.1) is 0 Å². The minimum atomic E-state index is -0.137. The third-order valence-electron chi connectivity index (χ3n) is 6.64. The summed E-state index contributed by atoms with van der Waals surface area (Å²) in [6.45, 7) is 6.00. The SMILES string of the molecule is NCCOCCOCCNC(=O)c1ccc(CNc2nc(NCCc3ccccc3)nc(N3CCCCC3)n2)cc1. The summed E-state index contributed by atoms with van der Waals surface area (Å²) in [4.78, 5) is 28.7. The van der Waals surface area contributed by atoms with Gasteiger partial charge < -0.3 is 36.1 Å². The first-order valence-electron chi connectivity index (χ1n) is 14.5. The van der Waals surface area contributed by atoms with Gasteiger partial charge in [0.15, 0.2) is 0 Å². The maximum absolute atomic E-state index is 12.5. The van der Waals surface area contributed by atoms with E-state index in [4.69, 9.17) is 25.2 Å². The second-order valence-electron chi connectivity index (χ2n) is 9.81. The molecule has 1 amide bonds. The smallest absolute Gasteiger partial charge is 0.251 e. The number of hydrogen-bond acceptors (Lipinski definition) is 10. The molecule has 1 saturated heterocycles. The van der Waals surface area contributed by atoms with Gasteiger partial charge in [0, 0.05) is 44.8 Å². The topological polar surface area (TPSA) is 140 Å². The molecule has 0 radical (unpaired) electrons. The van der Waals surface area contributed by atoms with Gasteiger partial charge in [-0.15, -0.1) is 0 Å².